The molecule has 6 rings (SSSR count). The Bertz CT molecular complexity index is 1580. The molecule has 222 valence electrons. The van der Waals surface area contributed by atoms with Crippen LogP contribution in [0, 0.1) is 17.8 Å². The van der Waals surface area contributed by atoms with Gasteiger partial charge in [0.05, 0.1) is 0 Å². The number of phenols is 1. The van der Waals surface area contributed by atoms with Gasteiger partial charge in [-0.15, -0.1) is 0 Å². The Balaban J connectivity index is 1.29. The standard InChI is InChI=1S/C36H40N4O3/c37-35(42)32(21-28-15-17-40(36(38)43)22-33(28)24-7-3-1-4-8-24)31-16-18-39(23-34(31)25-9-5-2-6-10-25)29-13-11-27-20-30(41)14-12-26(27)19-29/h1-14,19-20,28,31-34,41H,15-18,21-23H2,(H2,37,42)(H2,38,43). The Morgan fingerprint density at radius 3 is 2.09 bits per heavy atom. The van der Waals surface area contributed by atoms with Crippen molar-refractivity contribution in [2.45, 2.75) is 31.1 Å². The molecule has 0 bridgehead atoms. The fraction of sp³-hybridized carbons (Fsp3) is 0.333. The van der Waals surface area contributed by atoms with Crippen LogP contribution in [0.2, 0.25) is 0 Å². The predicted octanol–water partition coefficient (Wildman–Crippen LogP) is 5.83. The zero-order chi connectivity index (χ0) is 29.9. The summed E-state index contributed by atoms with van der Waals surface area (Å²) in [5.74, 6) is 0.260. The van der Waals surface area contributed by atoms with E-state index < -0.39 is 6.03 Å². The zero-order valence-electron chi connectivity index (χ0n) is 24.4. The van der Waals surface area contributed by atoms with E-state index in [2.05, 4.69) is 59.5 Å². The summed E-state index contributed by atoms with van der Waals surface area (Å²) in [6.07, 6.45) is 2.32. The maximum Gasteiger partial charge on any atom is 0.314 e. The normalized spacial score (nSPS) is 23.2. The molecule has 0 radical (unpaired) electrons. The van der Waals surface area contributed by atoms with Crippen LogP contribution in [-0.2, 0) is 4.79 Å². The van der Waals surface area contributed by atoms with Gasteiger partial charge in [0.2, 0.25) is 5.91 Å². The van der Waals surface area contributed by atoms with E-state index in [0.717, 1.165) is 42.4 Å². The van der Waals surface area contributed by atoms with E-state index in [1.165, 1.54) is 11.1 Å². The van der Waals surface area contributed by atoms with E-state index in [1.807, 2.05) is 30.3 Å². The quantitative estimate of drug-likeness (QED) is 0.257. The minimum absolute atomic E-state index is 0.0941. The first-order valence-electron chi connectivity index (χ1n) is 15.3. The number of rotatable bonds is 7. The molecule has 4 aromatic rings. The highest BCUT2D eigenvalue weighted by Crippen LogP contribution is 2.44. The topological polar surface area (TPSA) is 113 Å². The average molecular weight is 577 g/mol. The smallest absolute Gasteiger partial charge is 0.314 e. The summed E-state index contributed by atoms with van der Waals surface area (Å²) in [6.45, 7) is 2.75. The van der Waals surface area contributed by atoms with Crippen molar-refractivity contribution in [1.82, 2.24) is 4.90 Å². The highest BCUT2D eigenvalue weighted by molar-refractivity contribution is 5.87. The monoisotopic (exact) mass is 576 g/mol. The number of benzene rings is 4. The largest absolute Gasteiger partial charge is 0.508 e. The van der Waals surface area contributed by atoms with Gasteiger partial charge < -0.3 is 26.4 Å². The third kappa shape index (κ3) is 6.17. The number of carbonyl (C=O) groups is 2. The second kappa shape index (κ2) is 12.4. The number of aromatic hydroxyl groups is 1. The van der Waals surface area contributed by atoms with Crippen molar-refractivity contribution in [3.05, 3.63) is 108 Å². The van der Waals surface area contributed by atoms with Crippen molar-refractivity contribution in [3.63, 3.8) is 0 Å². The van der Waals surface area contributed by atoms with E-state index >= 15 is 0 Å². The van der Waals surface area contributed by atoms with Gasteiger partial charge in [0.15, 0.2) is 0 Å². The number of hydrogen-bond acceptors (Lipinski definition) is 4. The fourth-order valence-electron chi connectivity index (χ4n) is 7.55. The zero-order valence-corrected chi connectivity index (χ0v) is 24.4. The average Bonchev–Trinajstić information content (AvgIpc) is 3.04. The molecule has 7 nitrogen and oxygen atoms in total. The molecule has 2 saturated heterocycles. The van der Waals surface area contributed by atoms with Gasteiger partial charge >= 0.3 is 6.03 Å². The summed E-state index contributed by atoms with van der Waals surface area (Å²) < 4.78 is 0. The second-order valence-electron chi connectivity index (χ2n) is 12.2. The lowest BCUT2D eigenvalue weighted by atomic mass is 9.67. The number of nitrogens with zero attached hydrogens (tertiary/aromatic N) is 2. The lowest BCUT2D eigenvalue weighted by Gasteiger charge is -2.45. The van der Waals surface area contributed by atoms with Gasteiger partial charge in [0.1, 0.15) is 5.75 Å². The molecule has 0 aromatic heterocycles. The van der Waals surface area contributed by atoms with Crippen LogP contribution in [0.25, 0.3) is 10.8 Å². The van der Waals surface area contributed by atoms with Crippen molar-refractivity contribution >= 4 is 28.4 Å². The molecule has 4 aromatic carbocycles. The first kappa shape index (κ1) is 28.6. The van der Waals surface area contributed by atoms with E-state index in [1.54, 1.807) is 17.0 Å². The third-order valence-electron chi connectivity index (χ3n) is 9.80. The van der Waals surface area contributed by atoms with Gasteiger partial charge in [0.25, 0.3) is 0 Å². The third-order valence-corrected chi connectivity index (χ3v) is 9.80. The Labute approximate surface area is 253 Å². The highest BCUT2D eigenvalue weighted by Gasteiger charge is 2.42. The van der Waals surface area contributed by atoms with Crippen LogP contribution in [0.3, 0.4) is 0 Å². The van der Waals surface area contributed by atoms with Crippen LogP contribution in [0.1, 0.15) is 42.2 Å². The summed E-state index contributed by atoms with van der Waals surface area (Å²) >= 11 is 0. The van der Waals surface area contributed by atoms with Crippen LogP contribution in [0.4, 0.5) is 10.5 Å². The summed E-state index contributed by atoms with van der Waals surface area (Å²) in [5, 5.41) is 12.0. The number of primary amides is 2. The summed E-state index contributed by atoms with van der Waals surface area (Å²) in [4.78, 5) is 29.5. The molecule has 0 saturated carbocycles. The number of hydrogen-bond donors (Lipinski definition) is 3. The van der Waals surface area contributed by atoms with Gasteiger partial charge in [0, 0.05) is 49.6 Å². The number of phenolic OH excluding ortho intramolecular Hbond substituents is 1. The lowest BCUT2D eigenvalue weighted by molar-refractivity contribution is -0.125. The first-order chi connectivity index (χ1) is 20.9. The van der Waals surface area contributed by atoms with Gasteiger partial charge in [-0.05, 0) is 77.3 Å². The number of fused-ring (bicyclic) bond motifs is 1. The molecule has 5 atom stereocenters. The molecular weight excluding hydrogens is 536 g/mol. The second-order valence-corrected chi connectivity index (χ2v) is 12.2. The molecule has 2 fully saturated rings. The van der Waals surface area contributed by atoms with Crippen LogP contribution >= 0.6 is 0 Å². The van der Waals surface area contributed by atoms with Crippen molar-refractivity contribution in [3.8, 4) is 5.75 Å². The number of urea groups is 1. The predicted molar refractivity (Wildman–Crippen MR) is 171 cm³/mol. The number of piperidine rings is 2. The molecule has 2 aliphatic heterocycles. The number of nitrogens with two attached hydrogens (primary N) is 2. The van der Waals surface area contributed by atoms with Crippen LogP contribution in [0.5, 0.6) is 5.75 Å². The maximum atomic E-state index is 13.3. The lowest BCUT2D eigenvalue weighted by Crippen LogP contribution is -2.48. The van der Waals surface area contributed by atoms with Crippen LogP contribution < -0.4 is 16.4 Å². The highest BCUT2D eigenvalue weighted by atomic mass is 16.3. The molecule has 3 amide bonds. The molecule has 0 aliphatic carbocycles. The Hall–Kier alpha value is -4.52. The van der Waals surface area contributed by atoms with Gasteiger partial charge in [-0.25, -0.2) is 4.79 Å². The molecule has 5 unspecified atom stereocenters. The van der Waals surface area contributed by atoms with Crippen molar-refractivity contribution in [2.75, 3.05) is 31.1 Å². The maximum absolute atomic E-state index is 13.3. The Morgan fingerprint density at radius 1 is 0.767 bits per heavy atom. The van der Waals surface area contributed by atoms with Gasteiger partial charge in [-0.3, -0.25) is 4.79 Å². The SMILES string of the molecule is NC(=O)C(CC1CCN(C(N)=O)CC1c1ccccc1)C1CCN(c2ccc3cc(O)ccc3c2)CC1c1ccccc1. The number of carbonyl (C=O) groups excluding carboxylic acids is 2. The molecule has 2 heterocycles. The van der Waals surface area contributed by atoms with Crippen molar-refractivity contribution in [1.29, 1.82) is 0 Å². The molecule has 2 aliphatic rings. The van der Waals surface area contributed by atoms with E-state index in [4.69, 9.17) is 11.5 Å². The van der Waals surface area contributed by atoms with Crippen molar-refractivity contribution in [2.24, 2.45) is 29.2 Å². The molecule has 7 heteroatoms. The van der Waals surface area contributed by atoms with Gasteiger partial charge in [-0.2, -0.15) is 0 Å². The molecular formula is C36H40N4O3. The molecule has 5 N–H and O–H groups in total. The van der Waals surface area contributed by atoms with Gasteiger partial charge in [-0.1, -0.05) is 72.8 Å². The number of amides is 3. The molecule has 43 heavy (non-hydrogen) atoms. The van der Waals surface area contributed by atoms with E-state index in [9.17, 15) is 14.7 Å². The summed E-state index contributed by atoms with van der Waals surface area (Å²) in [5.41, 5.74) is 15.5. The molecule has 0 spiro atoms. The summed E-state index contributed by atoms with van der Waals surface area (Å²) in [6, 6.07) is 32.2. The van der Waals surface area contributed by atoms with Crippen LogP contribution in [-0.4, -0.2) is 48.1 Å². The van der Waals surface area contributed by atoms with Crippen LogP contribution in [0.15, 0.2) is 97.1 Å². The Kier molecular flexibility index (Phi) is 8.23. The van der Waals surface area contributed by atoms with E-state index in [0.29, 0.717) is 19.5 Å². The number of likely N-dealkylation sites (tertiary alicyclic amines) is 1. The minimum Gasteiger partial charge on any atom is -0.508 e. The summed E-state index contributed by atoms with van der Waals surface area (Å²) in [7, 11) is 0. The van der Waals surface area contributed by atoms with E-state index in [-0.39, 0.29) is 41.2 Å². The fourth-order valence-corrected chi connectivity index (χ4v) is 7.55. The Morgan fingerprint density at radius 2 is 1.42 bits per heavy atom. The number of anilines is 1. The van der Waals surface area contributed by atoms with Crippen molar-refractivity contribution < 1.29 is 14.7 Å². The minimum atomic E-state index is -0.396. The first-order valence-corrected chi connectivity index (χ1v) is 15.3.